The molecule has 1 rings (SSSR count). The third kappa shape index (κ3) is 5.28. The van der Waals surface area contributed by atoms with Gasteiger partial charge in [-0.15, -0.1) is 0 Å². The monoisotopic (exact) mass is 334 g/mol. The van der Waals surface area contributed by atoms with E-state index in [2.05, 4.69) is 17.3 Å². The highest BCUT2D eigenvalue weighted by atomic mass is 32.2. The van der Waals surface area contributed by atoms with Crippen molar-refractivity contribution in [2.24, 2.45) is 0 Å². The smallest absolute Gasteiger partial charge is 0.246 e. The molecule has 0 bridgehead atoms. The van der Waals surface area contributed by atoms with Gasteiger partial charge < -0.3 is 5.32 Å². The molecule has 1 unspecified atom stereocenters. The number of thioether (sulfide) groups is 1. The number of nitrogens with zero attached hydrogens (tertiary/aromatic N) is 3. The third-order valence-corrected chi connectivity index (χ3v) is 6.05. The molecule has 6 nitrogen and oxygen atoms in total. The van der Waals surface area contributed by atoms with Crippen molar-refractivity contribution in [3.05, 3.63) is 12.4 Å². The normalized spacial score (nSPS) is 13.8. The molecule has 1 heterocycles. The Balaban J connectivity index is 2.69. The average Bonchev–Trinajstić information content (AvgIpc) is 2.92. The Labute approximate surface area is 132 Å². The molecule has 0 amide bonds. The summed E-state index contributed by atoms with van der Waals surface area (Å²) in [5.74, 6) is 0.770. The highest BCUT2D eigenvalue weighted by Gasteiger charge is 2.26. The summed E-state index contributed by atoms with van der Waals surface area (Å²) in [5, 5.41) is 7.38. The van der Waals surface area contributed by atoms with Crippen molar-refractivity contribution < 1.29 is 8.42 Å². The van der Waals surface area contributed by atoms with Crippen LogP contribution in [0.2, 0.25) is 0 Å². The van der Waals surface area contributed by atoms with Gasteiger partial charge in [-0.1, -0.05) is 6.92 Å². The van der Waals surface area contributed by atoms with Gasteiger partial charge in [-0.3, -0.25) is 4.68 Å². The fourth-order valence-corrected chi connectivity index (χ4v) is 4.01. The minimum absolute atomic E-state index is 0.0397. The molecule has 1 atom stereocenters. The van der Waals surface area contributed by atoms with E-state index in [4.69, 9.17) is 0 Å². The fraction of sp³-hybridized carbons (Fsp3) is 0.769. The van der Waals surface area contributed by atoms with Crippen LogP contribution in [0.5, 0.6) is 0 Å². The van der Waals surface area contributed by atoms with Crippen molar-refractivity contribution in [3.63, 3.8) is 0 Å². The maximum atomic E-state index is 12.5. The largest absolute Gasteiger partial charge is 0.317 e. The summed E-state index contributed by atoms with van der Waals surface area (Å²) < 4.78 is 28.1. The summed E-state index contributed by atoms with van der Waals surface area (Å²) >= 11 is 1.64. The number of aromatic nitrogens is 2. The van der Waals surface area contributed by atoms with Crippen molar-refractivity contribution in [2.75, 3.05) is 32.1 Å². The van der Waals surface area contributed by atoms with Crippen LogP contribution < -0.4 is 5.32 Å². The molecule has 122 valence electrons. The van der Waals surface area contributed by atoms with Crippen LogP contribution in [0.3, 0.4) is 0 Å². The molecule has 0 saturated carbocycles. The summed E-state index contributed by atoms with van der Waals surface area (Å²) in [5.41, 5.74) is 0. The van der Waals surface area contributed by atoms with E-state index in [0.29, 0.717) is 6.54 Å². The summed E-state index contributed by atoms with van der Waals surface area (Å²) in [6, 6.07) is -0.0397. The number of sulfonamides is 1. The lowest BCUT2D eigenvalue weighted by molar-refractivity contribution is 0.415. The molecule has 0 saturated heterocycles. The van der Waals surface area contributed by atoms with Gasteiger partial charge in [-0.25, -0.2) is 8.42 Å². The number of hydrogen-bond acceptors (Lipinski definition) is 5. The zero-order valence-corrected chi connectivity index (χ0v) is 14.9. The first-order valence-corrected chi connectivity index (χ1v) is 9.97. The Kier molecular flexibility index (Phi) is 7.72. The van der Waals surface area contributed by atoms with Gasteiger partial charge in [0, 0.05) is 31.6 Å². The molecule has 0 fully saturated rings. The molecule has 0 aliphatic carbocycles. The van der Waals surface area contributed by atoms with E-state index in [1.165, 1.54) is 10.5 Å². The second-order valence-electron chi connectivity index (χ2n) is 4.97. The predicted octanol–water partition coefficient (Wildman–Crippen LogP) is 1.25. The Morgan fingerprint density at radius 1 is 1.52 bits per heavy atom. The molecule has 1 aromatic heterocycles. The highest BCUT2D eigenvalue weighted by Crippen LogP contribution is 2.17. The van der Waals surface area contributed by atoms with E-state index in [1.54, 1.807) is 29.7 Å². The zero-order valence-electron chi connectivity index (χ0n) is 13.2. The van der Waals surface area contributed by atoms with Gasteiger partial charge in [0.15, 0.2) is 0 Å². The van der Waals surface area contributed by atoms with Crippen LogP contribution in [-0.4, -0.2) is 60.7 Å². The maximum absolute atomic E-state index is 12.5. The summed E-state index contributed by atoms with van der Waals surface area (Å²) in [4.78, 5) is 0.265. The number of nitrogens with one attached hydrogen (secondary N) is 1. The first kappa shape index (κ1) is 18.5. The van der Waals surface area contributed by atoms with Gasteiger partial charge in [0.2, 0.25) is 10.0 Å². The minimum atomic E-state index is -3.45. The summed E-state index contributed by atoms with van der Waals surface area (Å²) in [7, 11) is -1.83. The Morgan fingerprint density at radius 2 is 2.24 bits per heavy atom. The molecule has 0 radical (unpaired) electrons. The van der Waals surface area contributed by atoms with Crippen LogP contribution in [0.25, 0.3) is 0 Å². The lowest BCUT2D eigenvalue weighted by Gasteiger charge is -2.22. The minimum Gasteiger partial charge on any atom is -0.317 e. The van der Waals surface area contributed by atoms with E-state index in [-0.39, 0.29) is 10.9 Å². The van der Waals surface area contributed by atoms with E-state index >= 15 is 0 Å². The zero-order chi connectivity index (χ0) is 15.9. The summed E-state index contributed by atoms with van der Waals surface area (Å²) in [6.07, 6.45) is 5.95. The third-order valence-electron chi connectivity index (χ3n) is 3.31. The first-order valence-electron chi connectivity index (χ1n) is 7.13. The van der Waals surface area contributed by atoms with E-state index in [0.717, 1.165) is 25.3 Å². The molecule has 21 heavy (non-hydrogen) atoms. The number of rotatable bonds is 10. The second-order valence-corrected chi connectivity index (χ2v) is 7.88. The molecule has 0 spiro atoms. The standard InChI is InChI=1S/C13H26N4O2S2/c1-5-14-7-6-8-17-10-13(9-15-17)21(18,19)16(3)12(2)11-20-4/h9-10,12,14H,5-8,11H2,1-4H3. The van der Waals surface area contributed by atoms with Crippen LogP contribution in [0.1, 0.15) is 20.3 Å². The van der Waals surface area contributed by atoms with Crippen LogP contribution in [0.4, 0.5) is 0 Å². The second kappa shape index (κ2) is 8.77. The van der Waals surface area contributed by atoms with Gasteiger partial charge in [0.25, 0.3) is 0 Å². The number of hydrogen-bond donors (Lipinski definition) is 1. The van der Waals surface area contributed by atoms with Gasteiger partial charge in [-0.05, 0) is 32.7 Å². The molecule has 0 aliphatic heterocycles. The lowest BCUT2D eigenvalue weighted by Crippen LogP contribution is -2.36. The maximum Gasteiger partial charge on any atom is 0.246 e. The van der Waals surface area contributed by atoms with Crippen molar-refractivity contribution in [1.29, 1.82) is 0 Å². The Hall–Kier alpha value is -0.570. The molecule has 0 aliphatic rings. The molecular formula is C13H26N4O2S2. The lowest BCUT2D eigenvalue weighted by atomic mass is 10.4. The Morgan fingerprint density at radius 3 is 2.86 bits per heavy atom. The van der Waals surface area contributed by atoms with E-state index in [1.807, 2.05) is 13.2 Å². The quantitative estimate of drug-likeness (QED) is 0.652. The molecule has 1 aromatic rings. The van der Waals surface area contributed by atoms with Gasteiger partial charge >= 0.3 is 0 Å². The SMILES string of the molecule is CCNCCCn1cc(S(=O)(=O)N(C)C(C)CSC)cn1. The van der Waals surface area contributed by atoms with Crippen molar-refractivity contribution >= 4 is 21.8 Å². The van der Waals surface area contributed by atoms with E-state index < -0.39 is 10.0 Å². The molecular weight excluding hydrogens is 308 g/mol. The van der Waals surface area contributed by atoms with Crippen molar-refractivity contribution in [1.82, 2.24) is 19.4 Å². The van der Waals surface area contributed by atoms with Gasteiger partial charge in [0.05, 0.1) is 6.20 Å². The molecule has 0 aromatic carbocycles. The van der Waals surface area contributed by atoms with E-state index in [9.17, 15) is 8.42 Å². The molecule has 1 N–H and O–H groups in total. The average molecular weight is 335 g/mol. The van der Waals surface area contributed by atoms with Crippen LogP contribution >= 0.6 is 11.8 Å². The van der Waals surface area contributed by atoms with Gasteiger partial charge in [0.1, 0.15) is 4.90 Å². The fourth-order valence-electron chi connectivity index (χ4n) is 1.89. The molecule has 8 heteroatoms. The van der Waals surface area contributed by atoms with Crippen LogP contribution in [0.15, 0.2) is 17.3 Å². The number of aryl methyl sites for hydroxylation is 1. The van der Waals surface area contributed by atoms with Crippen molar-refractivity contribution in [2.45, 2.75) is 37.8 Å². The summed E-state index contributed by atoms with van der Waals surface area (Å²) in [6.45, 7) is 6.53. The topological polar surface area (TPSA) is 67.2 Å². The first-order chi connectivity index (χ1) is 9.93. The van der Waals surface area contributed by atoms with Crippen molar-refractivity contribution in [3.8, 4) is 0 Å². The predicted molar refractivity (Wildman–Crippen MR) is 88.2 cm³/mol. The van der Waals surface area contributed by atoms with Crippen LogP contribution in [0, 0.1) is 0 Å². The Bertz CT molecular complexity index is 516. The van der Waals surface area contributed by atoms with Crippen LogP contribution in [-0.2, 0) is 16.6 Å². The highest BCUT2D eigenvalue weighted by molar-refractivity contribution is 7.98. The van der Waals surface area contributed by atoms with Gasteiger partial charge in [-0.2, -0.15) is 21.2 Å².